The molecule has 0 aliphatic heterocycles. The summed E-state index contributed by atoms with van der Waals surface area (Å²) >= 11 is 27.3. The Morgan fingerprint density at radius 2 is 1.69 bits per heavy atom. The van der Waals surface area contributed by atoms with Gasteiger partial charge in [-0.1, -0.05) is 36.7 Å². The molecule has 3 N–H and O–H groups in total. The predicted octanol–water partition coefficient (Wildman–Crippen LogP) is 0.892. The van der Waals surface area contributed by atoms with E-state index in [1.165, 1.54) is 0 Å². The number of nitrogens with one attached hydrogen (secondary N) is 1. The van der Waals surface area contributed by atoms with Gasteiger partial charge in [-0.05, 0) is 0 Å². The van der Waals surface area contributed by atoms with E-state index in [1.807, 2.05) is 0 Å². The highest BCUT2D eigenvalue weighted by Gasteiger charge is 2.23. The number of thiol groups is 3. The standard InChI is InChI=1S/C7H13N3S6/c8-1-2-9-3-4(5(11)12)10(6(13)14)7(15)16/h4,9H,1-3,8H2,(H,11,12)(H,13,14)(H,15,16). The second kappa shape index (κ2) is 9.03. The first kappa shape index (κ1) is 17.0. The third-order valence-electron chi connectivity index (χ3n) is 1.67. The van der Waals surface area contributed by atoms with Gasteiger partial charge in [0, 0.05) is 19.6 Å². The van der Waals surface area contributed by atoms with E-state index in [1.54, 1.807) is 4.90 Å². The van der Waals surface area contributed by atoms with E-state index in [0.717, 1.165) is 0 Å². The SMILES string of the molecule is NCCNCC(C(=S)S)N(C(=S)S)C(=S)S. The number of nitrogens with two attached hydrogens (primary N) is 1. The van der Waals surface area contributed by atoms with Gasteiger partial charge in [-0.2, -0.15) is 0 Å². The summed E-state index contributed by atoms with van der Waals surface area (Å²) in [5, 5.41) is 3.12. The Kier molecular flexibility index (Phi) is 9.62. The normalized spacial score (nSPS) is 12.0. The number of rotatable bonds is 6. The molecule has 0 saturated carbocycles. The fourth-order valence-electron chi connectivity index (χ4n) is 0.978. The van der Waals surface area contributed by atoms with Crippen molar-refractivity contribution >= 4 is 87.4 Å². The van der Waals surface area contributed by atoms with E-state index in [-0.39, 0.29) is 6.04 Å². The Morgan fingerprint density at radius 1 is 1.19 bits per heavy atom. The van der Waals surface area contributed by atoms with E-state index < -0.39 is 0 Å². The van der Waals surface area contributed by atoms with Crippen molar-refractivity contribution in [2.45, 2.75) is 6.04 Å². The Bertz CT molecular complexity index is 267. The van der Waals surface area contributed by atoms with Crippen LogP contribution in [-0.2, 0) is 0 Å². The molecule has 0 bridgehead atoms. The molecule has 0 heterocycles. The quantitative estimate of drug-likeness (QED) is 0.283. The second-order valence-corrected chi connectivity index (χ2v) is 6.23. The molecule has 0 amide bonds. The number of hydrogen-bond donors (Lipinski definition) is 5. The lowest BCUT2D eigenvalue weighted by molar-refractivity contribution is 0.525. The average molecular weight is 332 g/mol. The third kappa shape index (κ3) is 6.10. The molecule has 0 spiro atoms. The van der Waals surface area contributed by atoms with Gasteiger partial charge in [0.25, 0.3) is 0 Å². The molecule has 0 aliphatic rings. The van der Waals surface area contributed by atoms with Crippen LogP contribution in [0.3, 0.4) is 0 Å². The fourth-order valence-corrected chi connectivity index (χ4v) is 2.56. The van der Waals surface area contributed by atoms with E-state index in [4.69, 9.17) is 42.4 Å². The van der Waals surface area contributed by atoms with E-state index >= 15 is 0 Å². The summed E-state index contributed by atoms with van der Waals surface area (Å²) < 4.78 is 1.10. The highest BCUT2D eigenvalue weighted by Crippen LogP contribution is 2.12. The molecule has 0 rings (SSSR count). The molecule has 3 nitrogen and oxygen atoms in total. The molecule has 1 unspecified atom stereocenters. The first-order valence-electron chi connectivity index (χ1n) is 4.30. The minimum Gasteiger partial charge on any atom is -0.329 e. The van der Waals surface area contributed by atoms with Gasteiger partial charge in [-0.3, -0.25) is 0 Å². The van der Waals surface area contributed by atoms with Crippen molar-refractivity contribution < 1.29 is 0 Å². The Labute approximate surface area is 128 Å². The minimum absolute atomic E-state index is 0.250. The van der Waals surface area contributed by atoms with Gasteiger partial charge in [0.2, 0.25) is 0 Å². The van der Waals surface area contributed by atoms with Crippen molar-refractivity contribution in [3.8, 4) is 0 Å². The van der Waals surface area contributed by atoms with Gasteiger partial charge in [0.15, 0.2) is 0 Å². The third-order valence-corrected chi connectivity index (χ3v) is 3.06. The average Bonchev–Trinajstić information content (AvgIpc) is 2.14. The van der Waals surface area contributed by atoms with Crippen LogP contribution < -0.4 is 11.1 Å². The van der Waals surface area contributed by atoms with Crippen LogP contribution in [0.25, 0.3) is 0 Å². The summed E-state index contributed by atoms with van der Waals surface area (Å²) in [6, 6.07) is -0.250. The van der Waals surface area contributed by atoms with Crippen molar-refractivity contribution in [1.82, 2.24) is 10.2 Å². The van der Waals surface area contributed by atoms with Gasteiger partial charge >= 0.3 is 0 Å². The first-order valence-corrected chi connectivity index (χ1v) is 6.87. The lowest BCUT2D eigenvalue weighted by atomic mass is 10.3. The monoisotopic (exact) mass is 331 g/mol. The predicted molar refractivity (Wildman–Crippen MR) is 92.3 cm³/mol. The summed E-state index contributed by atoms with van der Waals surface area (Å²) in [5.41, 5.74) is 5.38. The number of thiocarbonyl (C=S) groups is 3. The zero-order chi connectivity index (χ0) is 12.7. The van der Waals surface area contributed by atoms with Crippen molar-refractivity contribution in [3.05, 3.63) is 0 Å². The second-order valence-electron chi connectivity index (χ2n) is 2.78. The maximum Gasteiger partial charge on any atom is 0.139 e. The maximum absolute atomic E-state index is 5.38. The van der Waals surface area contributed by atoms with Gasteiger partial charge in [-0.15, -0.1) is 37.9 Å². The highest BCUT2D eigenvalue weighted by atomic mass is 32.1. The zero-order valence-electron chi connectivity index (χ0n) is 8.29. The Morgan fingerprint density at radius 3 is 2.00 bits per heavy atom. The van der Waals surface area contributed by atoms with Crippen LogP contribution in [0, 0.1) is 0 Å². The molecule has 0 radical (unpaired) electrons. The molecule has 0 saturated heterocycles. The summed E-state index contributed by atoms with van der Waals surface area (Å²) in [6.45, 7) is 1.77. The molecule has 16 heavy (non-hydrogen) atoms. The Balaban J connectivity index is 4.66. The molecule has 0 fully saturated rings. The van der Waals surface area contributed by atoms with Gasteiger partial charge < -0.3 is 16.0 Å². The largest absolute Gasteiger partial charge is 0.329 e. The van der Waals surface area contributed by atoms with Crippen LogP contribution in [0.2, 0.25) is 0 Å². The van der Waals surface area contributed by atoms with Crippen molar-refractivity contribution in [2.75, 3.05) is 19.6 Å². The maximum atomic E-state index is 5.38. The van der Waals surface area contributed by atoms with E-state index in [2.05, 4.69) is 43.2 Å². The van der Waals surface area contributed by atoms with Crippen LogP contribution in [0.1, 0.15) is 0 Å². The Hall–Kier alpha value is 1.04. The molecule has 0 aromatic rings. The van der Waals surface area contributed by atoms with E-state index in [0.29, 0.717) is 32.5 Å². The number of hydrogen-bond acceptors (Lipinski definition) is 5. The highest BCUT2D eigenvalue weighted by molar-refractivity contribution is 8.14. The molecule has 92 valence electrons. The van der Waals surface area contributed by atoms with Crippen molar-refractivity contribution in [3.63, 3.8) is 0 Å². The molecule has 0 aliphatic carbocycles. The van der Waals surface area contributed by atoms with Gasteiger partial charge in [0.1, 0.15) is 8.64 Å². The molecule has 0 aromatic heterocycles. The smallest absolute Gasteiger partial charge is 0.139 e. The molecular weight excluding hydrogens is 318 g/mol. The number of nitrogens with zero attached hydrogens (tertiary/aromatic N) is 1. The van der Waals surface area contributed by atoms with Crippen LogP contribution in [-0.4, -0.2) is 43.4 Å². The molecule has 0 aromatic carbocycles. The topological polar surface area (TPSA) is 41.3 Å². The van der Waals surface area contributed by atoms with Gasteiger partial charge in [0.05, 0.1) is 10.2 Å². The summed E-state index contributed by atoms with van der Waals surface area (Å²) in [7, 11) is 0. The van der Waals surface area contributed by atoms with Crippen LogP contribution in [0.5, 0.6) is 0 Å². The molecule has 9 heteroatoms. The lowest BCUT2D eigenvalue weighted by Gasteiger charge is -2.30. The van der Waals surface area contributed by atoms with E-state index in [9.17, 15) is 0 Å². The summed E-state index contributed by atoms with van der Waals surface area (Å²) in [5.74, 6) is 0. The van der Waals surface area contributed by atoms with Crippen molar-refractivity contribution in [2.24, 2.45) is 5.73 Å². The zero-order valence-corrected chi connectivity index (χ0v) is 13.4. The summed E-state index contributed by atoms with van der Waals surface area (Å²) in [4.78, 5) is 1.57. The summed E-state index contributed by atoms with van der Waals surface area (Å²) in [6.07, 6.45) is 0. The minimum atomic E-state index is -0.250. The molecule has 1 atom stereocenters. The molecular formula is C7H13N3S6. The van der Waals surface area contributed by atoms with Crippen LogP contribution in [0.4, 0.5) is 0 Å². The first-order chi connectivity index (χ1) is 7.41. The fraction of sp³-hybridized carbons (Fsp3) is 0.571. The van der Waals surface area contributed by atoms with Crippen LogP contribution in [0.15, 0.2) is 0 Å². The lowest BCUT2D eigenvalue weighted by Crippen LogP contribution is -2.48. The van der Waals surface area contributed by atoms with Crippen LogP contribution >= 0.6 is 74.5 Å². The van der Waals surface area contributed by atoms with Crippen molar-refractivity contribution in [1.29, 1.82) is 0 Å². The van der Waals surface area contributed by atoms with Gasteiger partial charge in [-0.25, -0.2) is 0 Å².